The molecular weight excluding hydrogens is 335 g/mol. The fourth-order valence-electron chi connectivity index (χ4n) is 2.85. The van der Waals surface area contributed by atoms with Gasteiger partial charge in [-0.05, 0) is 23.8 Å². The number of amides is 1. The van der Waals surface area contributed by atoms with Crippen molar-refractivity contribution in [3.8, 4) is 28.1 Å². The second-order valence-electron chi connectivity index (χ2n) is 5.87. The third kappa shape index (κ3) is 2.96. The number of benzene rings is 2. The average Bonchev–Trinajstić information content (AvgIpc) is 3.08. The Hall–Kier alpha value is -3.45. The second kappa shape index (κ2) is 6.45. The number of nitrogens with one attached hydrogen (secondary N) is 2. The second-order valence-corrected chi connectivity index (χ2v) is 5.87. The number of carbonyl (C=O) groups is 1. The lowest BCUT2D eigenvalue weighted by Crippen LogP contribution is -2.36. The van der Waals surface area contributed by atoms with Crippen LogP contribution in [0.15, 0.2) is 60.8 Å². The maximum atomic E-state index is 14.5. The Kier molecular flexibility index (Phi) is 3.98. The fraction of sp³-hybridized carbons (Fsp3) is 0.0526. The van der Waals surface area contributed by atoms with Crippen LogP contribution in [0.5, 0.6) is 5.75 Å². The summed E-state index contributed by atoms with van der Waals surface area (Å²) >= 11 is 0. The van der Waals surface area contributed by atoms with Crippen LogP contribution in [0, 0.1) is 5.82 Å². The monoisotopic (exact) mass is 350 g/mol. The van der Waals surface area contributed by atoms with Crippen LogP contribution in [0.25, 0.3) is 22.4 Å². The van der Waals surface area contributed by atoms with E-state index >= 15 is 0 Å². The molecule has 1 amide bonds. The minimum Gasteiger partial charge on any atom is -0.506 e. The molecule has 130 valence electrons. The van der Waals surface area contributed by atoms with Crippen LogP contribution in [0.2, 0.25) is 0 Å². The number of phenolic OH excluding ortho intramolecular Hbond substituents is 1. The molecular formula is C19H15FN4O2. The van der Waals surface area contributed by atoms with Gasteiger partial charge in [-0.25, -0.2) is 4.39 Å². The standard InChI is InChI=1S/C19H15FN4O2/c20-15-8-14(9-17(25)19(15)24-11-18(26)22-23-24)13-6-7-16(21-10-13)12-4-2-1-3-5-12/h1-10,23,25H,11H2,(H,22,26). The number of anilines is 1. The number of aromatic nitrogens is 1. The van der Waals surface area contributed by atoms with Crippen molar-refractivity contribution >= 4 is 11.6 Å². The predicted octanol–water partition coefficient (Wildman–Crippen LogP) is 2.62. The topological polar surface area (TPSA) is 77.5 Å². The van der Waals surface area contributed by atoms with Crippen molar-refractivity contribution in [2.75, 3.05) is 11.6 Å². The first kappa shape index (κ1) is 16.0. The van der Waals surface area contributed by atoms with Gasteiger partial charge in [0.05, 0.1) is 5.69 Å². The van der Waals surface area contributed by atoms with Crippen molar-refractivity contribution in [2.45, 2.75) is 0 Å². The van der Waals surface area contributed by atoms with Crippen LogP contribution in [-0.2, 0) is 4.79 Å². The van der Waals surface area contributed by atoms with Crippen LogP contribution >= 0.6 is 0 Å². The molecule has 6 nitrogen and oxygen atoms in total. The van der Waals surface area contributed by atoms with Gasteiger partial charge >= 0.3 is 0 Å². The number of nitrogens with zero attached hydrogens (tertiary/aromatic N) is 2. The Morgan fingerprint density at radius 1 is 1.04 bits per heavy atom. The van der Waals surface area contributed by atoms with E-state index in [-0.39, 0.29) is 23.9 Å². The van der Waals surface area contributed by atoms with Crippen LogP contribution in [0.1, 0.15) is 0 Å². The summed E-state index contributed by atoms with van der Waals surface area (Å²) in [7, 11) is 0. The lowest BCUT2D eigenvalue weighted by Gasteiger charge is -2.18. The van der Waals surface area contributed by atoms with E-state index in [1.807, 2.05) is 42.5 Å². The van der Waals surface area contributed by atoms with Crippen LogP contribution in [0.4, 0.5) is 10.1 Å². The summed E-state index contributed by atoms with van der Waals surface area (Å²) in [6.45, 7) is -0.0862. The number of halogens is 1. The van der Waals surface area contributed by atoms with Gasteiger partial charge in [-0.15, -0.1) is 5.53 Å². The van der Waals surface area contributed by atoms with E-state index in [0.29, 0.717) is 11.1 Å². The summed E-state index contributed by atoms with van der Waals surface area (Å²) in [5.41, 5.74) is 7.73. The molecule has 0 atom stereocenters. The molecule has 7 heteroatoms. The Morgan fingerprint density at radius 3 is 2.46 bits per heavy atom. The highest BCUT2D eigenvalue weighted by Crippen LogP contribution is 2.35. The van der Waals surface area contributed by atoms with Crippen LogP contribution < -0.4 is 16.0 Å². The van der Waals surface area contributed by atoms with Gasteiger partial charge in [0.1, 0.15) is 18.0 Å². The molecule has 3 N–H and O–H groups in total. The molecule has 0 aliphatic carbocycles. The van der Waals surface area contributed by atoms with Gasteiger partial charge in [0, 0.05) is 17.3 Å². The highest BCUT2D eigenvalue weighted by Gasteiger charge is 2.25. The van der Waals surface area contributed by atoms with Crippen molar-refractivity contribution in [3.63, 3.8) is 0 Å². The Morgan fingerprint density at radius 2 is 1.85 bits per heavy atom. The van der Waals surface area contributed by atoms with Gasteiger partial charge in [-0.3, -0.25) is 20.2 Å². The minimum atomic E-state index is -0.642. The highest BCUT2D eigenvalue weighted by molar-refractivity contribution is 5.84. The molecule has 3 aromatic rings. The van der Waals surface area contributed by atoms with Gasteiger partial charge in [0.15, 0.2) is 5.82 Å². The van der Waals surface area contributed by atoms with Gasteiger partial charge in [0.25, 0.3) is 5.91 Å². The molecule has 1 aromatic heterocycles. The number of phenols is 1. The van der Waals surface area contributed by atoms with Crippen LogP contribution in [0.3, 0.4) is 0 Å². The number of hydrogen-bond donors (Lipinski definition) is 3. The van der Waals surface area contributed by atoms with Crippen molar-refractivity contribution in [3.05, 3.63) is 66.6 Å². The van der Waals surface area contributed by atoms with Crippen molar-refractivity contribution in [1.29, 1.82) is 0 Å². The maximum absolute atomic E-state index is 14.5. The maximum Gasteiger partial charge on any atom is 0.256 e. The lowest BCUT2D eigenvalue weighted by molar-refractivity contribution is -0.118. The molecule has 1 aliphatic rings. The Bertz CT molecular complexity index is 938. The third-order valence-corrected chi connectivity index (χ3v) is 4.11. The first-order valence-electron chi connectivity index (χ1n) is 7.98. The summed E-state index contributed by atoms with van der Waals surface area (Å²) in [5.74, 6) is -1.22. The van der Waals surface area contributed by atoms with E-state index < -0.39 is 5.82 Å². The molecule has 2 aromatic carbocycles. The van der Waals surface area contributed by atoms with E-state index in [9.17, 15) is 14.3 Å². The molecule has 1 fully saturated rings. The number of pyridine rings is 1. The normalized spacial score (nSPS) is 13.7. The van der Waals surface area contributed by atoms with E-state index in [2.05, 4.69) is 15.9 Å². The average molecular weight is 350 g/mol. The molecule has 0 radical (unpaired) electrons. The first-order chi connectivity index (χ1) is 12.6. The smallest absolute Gasteiger partial charge is 0.256 e. The van der Waals surface area contributed by atoms with Gasteiger partial charge in [-0.1, -0.05) is 36.4 Å². The van der Waals surface area contributed by atoms with E-state index in [0.717, 1.165) is 11.3 Å². The predicted molar refractivity (Wildman–Crippen MR) is 95.4 cm³/mol. The fourth-order valence-corrected chi connectivity index (χ4v) is 2.85. The van der Waals surface area contributed by atoms with Gasteiger partial charge < -0.3 is 5.11 Å². The number of rotatable bonds is 3. The zero-order valence-electron chi connectivity index (χ0n) is 13.6. The summed E-state index contributed by atoms with van der Waals surface area (Å²) in [6, 6.07) is 16.1. The molecule has 1 aliphatic heterocycles. The summed E-state index contributed by atoms with van der Waals surface area (Å²) in [5, 5.41) is 11.4. The van der Waals surface area contributed by atoms with Gasteiger partial charge in [-0.2, -0.15) is 0 Å². The van der Waals surface area contributed by atoms with Gasteiger partial charge in [0.2, 0.25) is 0 Å². The zero-order valence-corrected chi connectivity index (χ0v) is 13.6. The SMILES string of the molecule is O=C1CN(c2c(O)cc(-c3ccc(-c4ccccc4)nc3)cc2F)NN1. The number of hydrogen-bond acceptors (Lipinski definition) is 5. The van der Waals surface area contributed by atoms with E-state index in [1.54, 1.807) is 6.20 Å². The number of carbonyl (C=O) groups excluding carboxylic acids is 1. The van der Waals surface area contributed by atoms with Crippen molar-refractivity contribution < 1.29 is 14.3 Å². The minimum absolute atomic E-state index is 0.0824. The third-order valence-electron chi connectivity index (χ3n) is 4.11. The Balaban J connectivity index is 1.65. The molecule has 4 rings (SSSR count). The Labute approximate surface area is 148 Å². The molecule has 0 spiro atoms. The van der Waals surface area contributed by atoms with E-state index in [1.165, 1.54) is 17.1 Å². The molecule has 0 saturated carbocycles. The molecule has 0 unspecified atom stereocenters. The molecule has 26 heavy (non-hydrogen) atoms. The first-order valence-corrected chi connectivity index (χ1v) is 7.98. The number of aromatic hydroxyl groups is 1. The summed E-state index contributed by atoms with van der Waals surface area (Å²) in [6.07, 6.45) is 1.63. The summed E-state index contributed by atoms with van der Waals surface area (Å²) in [4.78, 5) is 15.7. The van der Waals surface area contributed by atoms with E-state index in [4.69, 9.17) is 0 Å². The van der Waals surface area contributed by atoms with Crippen molar-refractivity contribution in [2.24, 2.45) is 0 Å². The quantitative estimate of drug-likeness (QED) is 0.677. The molecule has 1 saturated heterocycles. The lowest BCUT2D eigenvalue weighted by atomic mass is 10.0. The zero-order chi connectivity index (χ0) is 18.1. The number of hydrazine groups is 2. The van der Waals surface area contributed by atoms with Crippen LogP contribution in [-0.4, -0.2) is 22.5 Å². The largest absolute Gasteiger partial charge is 0.506 e. The van der Waals surface area contributed by atoms with Crippen molar-refractivity contribution in [1.82, 2.24) is 15.9 Å². The molecule has 2 heterocycles. The highest BCUT2D eigenvalue weighted by atomic mass is 19.1. The molecule has 0 bridgehead atoms. The summed E-state index contributed by atoms with van der Waals surface area (Å²) < 4.78 is 14.5.